The van der Waals surface area contributed by atoms with Gasteiger partial charge in [-0.15, -0.1) is 0 Å². The average Bonchev–Trinajstić information content (AvgIpc) is 2.78. The highest BCUT2D eigenvalue weighted by molar-refractivity contribution is 6.00. The lowest BCUT2D eigenvalue weighted by atomic mass is 9.78. The van der Waals surface area contributed by atoms with Gasteiger partial charge in [0.2, 0.25) is 5.91 Å². The van der Waals surface area contributed by atoms with Gasteiger partial charge in [0.25, 0.3) is 0 Å². The molecule has 170 valence electrons. The van der Waals surface area contributed by atoms with E-state index in [1.807, 2.05) is 49.4 Å². The Bertz CT molecular complexity index is 966. The molecular formula is C24H29N3O5. The van der Waals surface area contributed by atoms with E-state index in [4.69, 9.17) is 9.84 Å². The molecule has 1 aliphatic carbocycles. The third kappa shape index (κ3) is 6.23. The number of amides is 3. The SMILES string of the molecule is COc1ccc(C)cc1NC(=O)Nc1ccc(C2CCC(C(=O)NCC(=O)O)CC2)cc1. The fourth-order valence-electron chi connectivity index (χ4n) is 4.04. The summed E-state index contributed by atoms with van der Waals surface area (Å²) in [5.74, 6) is -0.408. The molecule has 0 atom stereocenters. The Morgan fingerprint density at radius 2 is 1.69 bits per heavy atom. The number of carbonyl (C=O) groups is 3. The number of urea groups is 1. The smallest absolute Gasteiger partial charge is 0.323 e. The summed E-state index contributed by atoms with van der Waals surface area (Å²) in [6.45, 7) is 1.61. The topological polar surface area (TPSA) is 117 Å². The molecule has 8 nitrogen and oxygen atoms in total. The molecule has 1 aliphatic rings. The third-order valence-corrected chi connectivity index (χ3v) is 5.75. The van der Waals surface area contributed by atoms with Gasteiger partial charge in [-0.1, -0.05) is 18.2 Å². The van der Waals surface area contributed by atoms with E-state index in [1.165, 1.54) is 5.56 Å². The highest BCUT2D eigenvalue weighted by Crippen LogP contribution is 2.36. The first-order valence-corrected chi connectivity index (χ1v) is 10.7. The molecule has 0 spiro atoms. The number of benzene rings is 2. The maximum absolute atomic E-state index is 12.4. The number of hydrogen-bond donors (Lipinski definition) is 4. The van der Waals surface area contributed by atoms with Crippen molar-refractivity contribution in [2.24, 2.45) is 5.92 Å². The van der Waals surface area contributed by atoms with E-state index < -0.39 is 5.97 Å². The van der Waals surface area contributed by atoms with Crippen molar-refractivity contribution in [2.75, 3.05) is 24.3 Å². The van der Waals surface area contributed by atoms with Gasteiger partial charge >= 0.3 is 12.0 Å². The fraction of sp³-hybridized carbons (Fsp3) is 0.375. The largest absolute Gasteiger partial charge is 0.495 e. The molecule has 0 aliphatic heterocycles. The zero-order valence-electron chi connectivity index (χ0n) is 18.3. The molecule has 3 rings (SSSR count). The standard InChI is InChI=1S/C24H29N3O5/c1-15-3-12-21(32-2)20(13-15)27-24(31)26-19-10-8-17(9-11-19)16-4-6-18(7-5-16)23(30)25-14-22(28)29/h3,8-13,16,18H,4-7,14H2,1-2H3,(H,25,30)(H,28,29)(H2,26,27,31). The van der Waals surface area contributed by atoms with Crippen molar-refractivity contribution in [3.05, 3.63) is 53.6 Å². The summed E-state index contributed by atoms with van der Waals surface area (Å²) in [7, 11) is 1.56. The van der Waals surface area contributed by atoms with Crippen LogP contribution in [0, 0.1) is 12.8 Å². The Labute approximate surface area is 187 Å². The van der Waals surface area contributed by atoms with Crippen LogP contribution in [0.4, 0.5) is 16.2 Å². The Balaban J connectivity index is 1.51. The maximum atomic E-state index is 12.4. The number of ether oxygens (including phenoxy) is 1. The summed E-state index contributed by atoms with van der Waals surface area (Å²) in [5, 5.41) is 16.8. The number of carboxylic acids is 1. The predicted octanol–water partition coefficient (Wildman–Crippen LogP) is 4.12. The molecule has 32 heavy (non-hydrogen) atoms. The van der Waals surface area contributed by atoms with Gasteiger partial charge in [0.15, 0.2) is 0 Å². The Kier molecular flexibility index (Phi) is 7.70. The van der Waals surface area contributed by atoms with Gasteiger partial charge in [0.05, 0.1) is 12.8 Å². The van der Waals surface area contributed by atoms with Gasteiger partial charge in [-0.2, -0.15) is 0 Å². The van der Waals surface area contributed by atoms with E-state index in [0.717, 1.165) is 31.2 Å². The van der Waals surface area contributed by atoms with Crippen molar-refractivity contribution in [1.29, 1.82) is 0 Å². The minimum absolute atomic E-state index is 0.131. The van der Waals surface area contributed by atoms with Gasteiger partial charge in [-0.25, -0.2) is 4.79 Å². The molecule has 2 aromatic carbocycles. The molecule has 1 fully saturated rings. The van der Waals surface area contributed by atoms with E-state index in [2.05, 4.69) is 16.0 Å². The lowest BCUT2D eigenvalue weighted by molar-refractivity contribution is -0.138. The normalized spacial score (nSPS) is 17.8. The van der Waals surface area contributed by atoms with E-state index >= 15 is 0 Å². The number of carboxylic acid groups (broad SMARTS) is 1. The zero-order valence-corrected chi connectivity index (χ0v) is 18.3. The number of anilines is 2. The quantitative estimate of drug-likeness (QED) is 0.518. The van der Waals surface area contributed by atoms with Crippen LogP contribution in [0.15, 0.2) is 42.5 Å². The molecule has 0 radical (unpaired) electrons. The first kappa shape index (κ1) is 23.1. The second-order valence-electron chi connectivity index (χ2n) is 8.06. The highest BCUT2D eigenvalue weighted by atomic mass is 16.5. The van der Waals surface area contributed by atoms with Crippen LogP contribution < -0.4 is 20.7 Å². The van der Waals surface area contributed by atoms with Crippen LogP contribution in [-0.4, -0.2) is 36.7 Å². The molecule has 2 aromatic rings. The molecular weight excluding hydrogens is 410 g/mol. The van der Waals surface area contributed by atoms with Crippen LogP contribution in [0.3, 0.4) is 0 Å². The second kappa shape index (κ2) is 10.7. The van der Waals surface area contributed by atoms with Crippen LogP contribution in [0.2, 0.25) is 0 Å². The van der Waals surface area contributed by atoms with Crippen LogP contribution in [0.5, 0.6) is 5.75 Å². The molecule has 0 aromatic heterocycles. The van der Waals surface area contributed by atoms with Crippen molar-refractivity contribution in [3.8, 4) is 5.75 Å². The monoisotopic (exact) mass is 439 g/mol. The van der Waals surface area contributed by atoms with Crippen molar-refractivity contribution in [3.63, 3.8) is 0 Å². The number of nitrogens with one attached hydrogen (secondary N) is 3. The first-order valence-electron chi connectivity index (χ1n) is 10.7. The number of carbonyl (C=O) groups excluding carboxylic acids is 2. The first-order chi connectivity index (χ1) is 15.4. The van der Waals surface area contributed by atoms with Gasteiger partial charge in [0.1, 0.15) is 12.3 Å². The van der Waals surface area contributed by atoms with Crippen LogP contribution >= 0.6 is 0 Å². The molecule has 8 heteroatoms. The lowest BCUT2D eigenvalue weighted by Crippen LogP contribution is -2.36. The van der Waals surface area contributed by atoms with Crippen LogP contribution in [-0.2, 0) is 9.59 Å². The molecule has 3 amide bonds. The average molecular weight is 440 g/mol. The summed E-state index contributed by atoms with van der Waals surface area (Å²) in [5.41, 5.74) is 3.46. The molecule has 4 N–H and O–H groups in total. The third-order valence-electron chi connectivity index (χ3n) is 5.75. The number of rotatable bonds is 7. The molecule has 1 saturated carbocycles. The molecule has 0 heterocycles. The van der Waals surface area contributed by atoms with E-state index in [9.17, 15) is 14.4 Å². The Hall–Kier alpha value is -3.55. The summed E-state index contributed by atoms with van der Waals surface area (Å²) in [6, 6.07) is 13.0. The summed E-state index contributed by atoms with van der Waals surface area (Å²) >= 11 is 0. The van der Waals surface area contributed by atoms with Gasteiger partial charge in [0, 0.05) is 11.6 Å². The van der Waals surface area contributed by atoms with Crippen LogP contribution in [0.25, 0.3) is 0 Å². The maximum Gasteiger partial charge on any atom is 0.323 e. The van der Waals surface area contributed by atoms with Crippen molar-refractivity contribution in [1.82, 2.24) is 5.32 Å². The number of aryl methyl sites for hydroxylation is 1. The summed E-state index contributed by atoms with van der Waals surface area (Å²) < 4.78 is 5.29. The van der Waals surface area contributed by atoms with Crippen molar-refractivity contribution < 1.29 is 24.2 Å². The van der Waals surface area contributed by atoms with E-state index in [1.54, 1.807) is 7.11 Å². The highest BCUT2D eigenvalue weighted by Gasteiger charge is 2.27. The molecule has 0 bridgehead atoms. The summed E-state index contributed by atoms with van der Waals surface area (Å²) in [6.07, 6.45) is 3.20. The molecule has 0 saturated heterocycles. The van der Waals surface area contributed by atoms with E-state index in [0.29, 0.717) is 23.0 Å². The van der Waals surface area contributed by atoms with Crippen molar-refractivity contribution >= 4 is 29.3 Å². The summed E-state index contributed by atoms with van der Waals surface area (Å²) in [4.78, 5) is 35.0. The number of methoxy groups -OCH3 is 1. The minimum Gasteiger partial charge on any atom is -0.495 e. The second-order valence-corrected chi connectivity index (χ2v) is 8.06. The Morgan fingerprint density at radius 1 is 1.00 bits per heavy atom. The predicted molar refractivity (Wildman–Crippen MR) is 122 cm³/mol. The number of hydrogen-bond acceptors (Lipinski definition) is 4. The Morgan fingerprint density at radius 3 is 2.31 bits per heavy atom. The fourth-order valence-corrected chi connectivity index (χ4v) is 4.04. The van der Waals surface area contributed by atoms with E-state index in [-0.39, 0.29) is 24.4 Å². The lowest BCUT2D eigenvalue weighted by Gasteiger charge is -2.28. The molecule has 0 unspecified atom stereocenters. The number of aliphatic carboxylic acids is 1. The van der Waals surface area contributed by atoms with Crippen LogP contribution in [0.1, 0.15) is 42.7 Å². The zero-order chi connectivity index (χ0) is 23.1. The van der Waals surface area contributed by atoms with Gasteiger partial charge in [-0.3, -0.25) is 9.59 Å². The van der Waals surface area contributed by atoms with Gasteiger partial charge in [-0.05, 0) is 73.9 Å². The minimum atomic E-state index is -1.03. The van der Waals surface area contributed by atoms with Crippen molar-refractivity contribution in [2.45, 2.75) is 38.5 Å². The van der Waals surface area contributed by atoms with Gasteiger partial charge < -0.3 is 25.8 Å².